The predicted molar refractivity (Wildman–Crippen MR) is 110 cm³/mol. The summed E-state index contributed by atoms with van der Waals surface area (Å²) in [6, 6.07) is 19.0. The van der Waals surface area contributed by atoms with Gasteiger partial charge < -0.3 is 8.92 Å². The van der Waals surface area contributed by atoms with Crippen LogP contribution in [0.15, 0.2) is 76.6 Å². The van der Waals surface area contributed by atoms with Crippen molar-refractivity contribution in [1.82, 2.24) is 0 Å². The second-order valence-corrected chi connectivity index (χ2v) is 7.86. The Kier molecular flexibility index (Phi) is 5.80. The molecule has 0 amide bonds. The molecule has 3 aromatic rings. The monoisotopic (exact) mass is 395 g/mol. The quantitative estimate of drug-likeness (QED) is 0.443. The van der Waals surface area contributed by atoms with Gasteiger partial charge in [-0.1, -0.05) is 35.9 Å². The van der Waals surface area contributed by atoms with Crippen molar-refractivity contribution in [3.63, 3.8) is 0 Å². The Morgan fingerprint density at radius 1 is 0.893 bits per heavy atom. The molecule has 0 unspecified atom stereocenters. The minimum atomic E-state index is -3.94. The van der Waals surface area contributed by atoms with Gasteiger partial charge in [0, 0.05) is 6.21 Å². The van der Waals surface area contributed by atoms with Crippen LogP contribution in [0.4, 0.5) is 5.69 Å². The van der Waals surface area contributed by atoms with E-state index in [9.17, 15) is 8.42 Å². The summed E-state index contributed by atoms with van der Waals surface area (Å²) in [5.74, 6) is 0.430. The van der Waals surface area contributed by atoms with Crippen molar-refractivity contribution >= 4 is 22.0 Å². The first kappa shape index (κ1) is 19.6. The summed E-state index contributed by atoms with van der Waals surface area (Å²) in [4.78, 5) is 4.59. The van der Waals surface area contributed by atoms with Gasteiger partial charge in [0.1, 0.15) is 4.90 Å². The van der Waals surface area contributed by atoms with E-state index in [-0.39, 0.29) is 10.6 Å². The number of hydrogen-bond donors (Lipinski definition) is 0. The lowest BCUT2D eigenvalue weighted by Gasteiger charge is -2.11. The molecule has 0 saturated heterocycles. The maximum Gasteiger partial charge on any atom is 0.339 e. The van der Waals surface area contributed by atoms with Crippen LogP contribution < -0.4 is 8.92 Å². The lowest BCUT2D eigenvalue weighted by atomic mass is 10.1. The van der Waals surface area contributed by atoms with Crippen LogP contribution in [-0.4, -0.2) is 21.7 Å². The van der Waals surface area contributed by atoms with Gasteiger partial charge in [0.05, 0.1) is 12.8 Å². The fourth-order valence-corrected chi connectivity index (χ4v) is 3.64. The van der Waals surface area contributed by atoms with Crippen LogP contribution in [0.3, 0.4) is 0 Å². The molecule has 0 atom stereocenters. The van der Waals surface area contributed by atoms with E-state index in [0.29, 0.717) is 5.75 Å². The van der Waals surface area contributed by atoms with Crippen LogP contribution in [0.1, 0.15) is 16.7 Å². The number of hydrogen-bond acceptors (Lipinski definition) is 5. The van der Waals surface area contributed by atoms with Gasteiger partial charge in [0.25, 0.3) is 0 Å². The molecule has 144 valence electrons. The van der Waals surface area contributed by atoms with Crippen LogP contribution >= 0.6 is 0 Å². The number of rotatable bonds is 6. The molecule has 3 rings (SSSR count). The molecule has 28 heavy (non-hydrogen) atoms. The Bertz CT molecular complexity index is 1110. The molecule has 0 spiro atoms. The molecule has 0 fully saturated rings. The normalized spacial score (nSPS) is 11.5. The molecular weight excluding hydrogens is 374 g/mol. The zero-order chi connectivity index (χ0) is 20.1. The first-order valence-electron chi connectivity index (χ1n) is 8.68. The van der Waals surface area contributed by atoms with Gasteiger partial charge in [0.15, 0.2) is 11.5 Å². The fraction of sp³-hybridized carbons (Fsp3) is 0.136. The zero-order valence-electron chi connectivity index (χ0n) is 15.9. The molecule has 0 N–H and O–H groups in total. The summed E-state index contributed by atoms with van der Waals surface area (Å²) in [5.41, 5.74) is 3.90. The number of nitrogens with zero attached hydrogens (tertiary/aromatic N) is 1. The first-order chi connectivity index (χ1) is 13.4. The van der Waals surface area contributed by atoms with Crippen LogP contribution in [0.5, 0.6) is 11.5 Å². The Morgan fingerprint density at radius 3 is 2.32 bits per heavy atom. The number of aliphatic imine (C=N–C) groups is 1. The van der Waals surface area contributed by atoms with Crippen LogP contribution in [0.2, 0.25) is 0 Å². The van der Waals surface area contributed by atoms with Crippen LogP contribution in [0, 0.1) is 13.8 Å². The largest absolute Gasteiger partial charge is 0.493 e. The van der Waals surface area contributed by atoms with Crippen molar-refractivity contribution in [2.45, 2.75) is 18.7 Å². The average Bonchev–Trinajstić information content (AvgIpc) is 2.68. The standard InChI is InChI=1S/C22H21NO4S/c1-16-9-11-20(17(2)13-16)23-15-18-10-12-21(22(14-18)26-3)27-28(24,25)19-7-5-4-6-8-19/h4-15H,1-3H3. The number of aryl methyl sites for hydroxylation is 2. The summed E-state index contributed by atoms with van der Waals surface area (Å²) >= 11 is 0. The maximum absolute atomic E-state index is 12.4. The molecular formula is C22H21NO4S. The molecule has 0 bridgehead atoms. The minimum Gasteiger partial charge on any atom is -0.493 e. The van der Waals surface area contributed by atoms with Gasteiger partial charge in [-0.15, -0.1) is 0 Å². The van der Waals surface area contributed by atoms with Gasteiger partial charge in [-0.2, -0.15) is 8.42 Å². The Labute approximate surface area is 165 Å². The zero-order valence-corrected chi connectivity index (χ0v) is 16.7. The SMILES string of the molecule is COc1cc(C=Nc2ccc(C)cc2C)ccc1OS(=O)(=O)c1ccccc1. The lowest BCUT2D eigenvalue weighted by Crippen LogP contribution is -2.10. The van der Waals surface area contributed by atoms with E-state index in [1.165, 1.54) is 24.8 Å². The smallest absolute Gasteiger partial charge is 0.339 e. The van der Waals surface area contributed by atoms with E-state index >= 15 is 0 Å². The van der Waals surface area contributed by atoms with Crippen molar-refractivity contribution in [2.75, 3.05) is 7.11 Å². The number of ether oxygens (including phenoxy) is 1. The minimum absolute atomic E-state index is 0.0811. The lowest BCUT2D eigenvalue weighted by molar-refractivity contribution is 0.390. The third-order valence-electron chi connectivity index (χ3n) is 4.12. The van der Waals surface area contributed by atoms with Crippen LogP contribution in [0.25, 0.3) is 0 Å². The Morgan fingerprint density at radius 2 is 1.64 bits per heavy atom. The summed E-state index contributed by atoms with van der Waals surface area (Å²) in [6.07, 6.45) is 1.70. The summed E-state index contributed by atoms with van der Waals surface area (Å²) in [6.45, 7) is 4.04. The van der Waals surface area contributed by atoms with Crippen molar-refractivity contribution < 1.29 is 17.3 Å². The Balaban J connectivity index is 1.85. The molecule has 0 heterocycles. The third kappa shape index (κ3) is 4.58. The van der Waals surface area contributed by atoms with Crippen molar-refractivity contribution in [1.29, 1.82) is 0 Å². The molecule has 6 heteroatoms. The van der Waals surface area contributed by atoms with E-state index in [0.717, 1.165) is 16.8 Å². The molecule has 0 aliphatic carbocycles. The van der Waals surface area contributed by atoms with Crippen molar-refractivity contribution in [3.8, 4) is 11.5 Å². The molecule has 0 radical (unpaired) electrons. The summed E-state index contributed by atoms with van der Waals surface area (Å²) in [5, 5.41) is 0. The molecule has 0 aromatic heterocycles. The molecule has 5 nitrogen and oxygen atoms in total. The third-order valence-corrected chi connectivity index (χ3v) is 5.37. The second kappa shape index (κ2) is 8.27. The van der Waals surface area contributed by atoms with Crippen LogP contribution in [-0.2, 0) is 10.1 Å². The van der Waals surface area contributed by atoms with Gasteiger partial charge in [-0.3, -0.25) is 4.99 Å². The molecule has 0 saturated carbocycles. The van der Waals surface area contributed by atoms with E-state index in [1.54, 1.807) is 42.6 Å². The summed E-state index contributed by atoms with van der Waals surface area (Å²) < 4.78 is 35.4. The van der Waals surface area contributed by atoms with E-state index < -0.39 is 10.1 Å². The first-order valence-corrected chi connectivity index (χ1v) is 10.1. The van der Waals surface area contributed by atoms with E-state index in [2.05, 4.69) is 11.1 Å². The highest BCUT2D eigenvalue weighted by Crippen LogP contribution is 2.30. The highest BCUT2D eigenvalue weighted by atomic mass is 32.2. The van der Waals surface area contributed by atoms with Gasteiger partial charge in [-0.25, -0.2) is 0 Å². The van der Waals surface area contributed by atoms with Gasteiger partial charge >= 0.3 is 10.1 Å². The second-order valence-electron chi connectivity index (χ2n) is 6.31. The fourth-order valence-electron chi connectivity index (χ4n) is 2.68. The number of benzene rings is 3. The predicted octanol–water partition coefficient (Wildman–Crippen LogP) is 4.83. The highest BCUT2D eigenvalue weighted by Gasteiger charge is 2.18. The van der Waals surface area contributed by atoms with E-state index in [1.807, 2.05) is 26.0 Å². The van der Waals surface area contributed by atoms with Crippen molar-refractivity contribution in [2.24, 2.45) is 4.99 Å². The summed E-state index contributed by atoms with van der Waals surface area (Å²) in [7, 11) is -2.48. The number of methoxy groups -OCH3 is 1. The average molecular weight is 395 g/mol. The van der Waals surface area contributed by atoms with Crippen molar-refractivity contribution in [3.05, 3.63) is 83.4 Å². The van der Waals surface area contributed by atoms with Gasteiger partial charge in [-0.05, 0) is 61.4 Å². The molecule has 0 aliphatic heterocycles. The molecule has 3 aromatic carbocycles. The topological polar surface area (TPSA) is 65.0 Å². The van der Waals surface area contributed by atoms with Gasteiger partial charge in [0.2, 0.25) is 0 Å². The van der Waals surface area contributed by atoms with E-state index in [4.69, 9.17) is 8.92 Å². The highest BCUT2D eigenvalue weighted by molar-refractivity contribution is 7.87. The maximum atomic E-state index is 12.4. The molecule has 0 aliphatic rings. The Hall–Kier alpha value is -3.12.